The lowest BCUT2D eigenvalue weighted by Crippen LogP contribution is -2.46. The highest BCUT2D eigenvalue weighted by atomic mass is 16.5. The average Bonchev–Trinajstić information content (AvgIpc) is 2.83. The summed E-state index contributed by atoms with van der Waals surface area (Å²) in [6.45, 7) is 3.08. The van der Waals surface area contributed by atoms with Crippen LogP contribution in [0.25, 0.3) is 0 Å². The molecule has 3 heterocycles. The van der Waals surface area contributed by atoms with E-state index in [1.54, 1.807) is 0 Å². The predicted octanol–water partition coefficient (Wildman–Crippen LogP) is 1.07. The summed E-state index contributed by atoms with van der Waals surface area (Å²) in [5.74, 6) is 0. The van der Waals surface area contributed by atoms with Crippen molar-refractivity contribution in [2.24, 2.45) is 0 Å². The van der Waals surface area contributed by atoms with E-state index in [1.807, 2.05) is 0 Å². The summed E-state index contributed by atoms with van der Waals surface area (Å²) in [6, 6.07) is 1.16. The van der Waals surface area contributed by atoms with Gasteiger partial charge in [-0.1, -0.05) is 0 Å². The molecule has 5 unspecified atom stereocenters. The SMILES string of the molecule is CC1OCCC1NC1CC2CCC1O2. The molecule has 3 aliphatic heterocycles. The zero-order valence-electron chi connectivity index (χ0n) is 8.74. The molecule has 5 atom stereocenters. The lowest BCUT2D eigenvalue weighted by atomic mass is 9.94. The molecule has 3 nitrogen and oxygen atoms in total. The zero-order valence-corrected chi connectivity index (χ0v) is 8.74. The quantitative estimate of drug-likeness (QED) is 0.718. The summed E-state index contributed by atoms with van der Waals surface area (Å²) in [5, 5.41) is 3.71. The highest BCUT2D eigenvalue weighted by Gasteiger charge is 2.42. The fourth-order valence-electron chi connectivity index (χ4n) is 3.04. The van der Waals surface area contributed by atoms with Crippen molar-refractivity contribution < 1.29 is 9.47 Å². The van der Waals surface area contributed by atoms with Crippen molar-refractivity contribution in [2.75, 3.05) is 6.61 Å². The molecule has 0 aromatic carbocycles. The summed E-state index contributed by atoms with van der Waals surface area (Å²) < 4.78 is 11.4. The van der Waals surface area contributed by atoms with E-state index in [2.05, 4.69) is 12.2 Å². The van der Waals surface area contributed by atoms with Crippen molar-refractivity contribution in [1.82, 2.24) is 5.32 Å². The van der Waals surface area contributed by atoms with Crippen LogP contribution in [0.5, 0.6) is 0 Å². The fourth-order valence-corrected chi connectivity index (χ4v) is 3.04. The van der Waals surface area contributed by atoms with Crippen molar-refractivity contribution in [2.45, 2.75) is 63.0 Å². The maximum absolute atomic E-state index is 5.83. The van der Waals surface area contributed by atoms with Gasteiger partial charge in [0.2, 0.25) is 0 Å². The Bertz CT molecular complexity index is 221. The van der Waals surface area contributed by atoms with Gasteiger partial charge in [-0.3, -0.25) is 0 Å². The highest BCUT2D eigenvalue weighted by molar-refractivity contribution is 4.96. The average molecular weight is 197 g/mol. The summed E-state index contributed by atoms with van der Waals surface area (Å²) >= 11 is 0. The molecule has 14 heavy (non-hydrogen) atoms. The lowest BCUT2D eigenvalue weighted by Gasteiger charge is -2.25. The zero-order chi connectivity index (χ0) is 9.54. The Morgan fingerprint density at radius 3 is 2.64 bits per heavy atom. The molecule has 3 saturated heterocycles. The van der Waals surface area contributed by atoms with Gasteiger partial charge < -0.3 is 14.8 Å². The van der Waals surface area contributed by atoms with Gasteiger partial charge in [-0.15, -0.1) is 0 Å². The summed E-state index contributed by atoms with van der Waals surface area (Å²) in [5.41, 5.74) is 0. The van der Waals surface area contributed by atoms with E-state index in [0.717, 1.165) is 13.0 Å². The molecule has 1 N–H and O–H groups in total. The van der Waals surface area contributed by atoms with Gasteiger partial charge in [0.05, 0.1) is 18.3 Å². The Morgan fingerprint density at radius 2 is 2.07 bits per heavy atom. The van der Waals surface area contributed by atoms with E-state index in [0.29, 0.717) is 30.4 Å². The molecule has 3 rings (SSSR count). The van der Waals surface area contributed by atoms with Crippen LogP contribution in [0, 0.1) is 0 Å². The second-order valence-corrected chi connectivity index (χ2v) is 4.85. The highest BCUT2D eigenvalue weighted by Crippen LogP contribution is 2.35. The number of hydrogen-bond acceptors (Lipinski definition) is 3. The van der Waals surface area contributed by atoms with E-state index >= 15 is 0 Å². The number of fused-ring (bicyclic) bond motifs is 2. The minimum Gasteiger partial charge on any atom is -0.377 e. The molecule has 0 radical (unpaired) electrons. The molecular formula is C11H19NO2. The predicted molar refractivity (Wildman–Crippen MR) is 53.3 cm³/mol. The van der Waals surface area contributed by atoms with Crippen molar-refractivity contribution in [3.63, 3.8) is 0 Å². The molecule has 0 aliphatic carbocycles. The molecule has 3 aliphatic rings. The van der Waals surface area contributed by atoms with Crippen molar-refractivity contribution in [3.05, 3.63) is 0 Å². The number of rotatable bonds is 2. The Kier molecular flexibility index (Phi) is 2.26. The van der Waals surface area contributed by atoms with Crippen LogP contribution in [0.15, 0.2) is 0 Å². The molecule has 0 aromatic rings. The first kappa shape index (κ1) is 9.13. The lowest BCUT2D eigenvalue weighted by molar-refractivity contribution is 0.0883. The van der Waals surface area contributed by atoms with E-state index in [9.17, 15) is 0 Å². The first-order valence-electron chi connectivity index (χ1n) is 5.86. The third kappa shape index (κ3) is 1.47. The largest absolute Gasteiger partial charge is 0.377 e. The summed E-state index contributed by atoms with van der Waals surface area (Å²) in [4.78, 5) is 0. The monoisotopic (exact) mass is 197 g/mol. The van der Waals surface area contributed by atoms with Crippen molar-refractivity contribution in [3.8, 4) is 0 Å². The number of hydrogen-bond donors (Lipinski definition) is 1. The van der Waals surface area contributed by atoms with E-state index in [4.69, 9.17) is 9.47 Å². The second-order valence-electron chi connectivity index (χ2n) is 4.85. The maximum atomic E-state index is 5.83. The van der Waals surface area contributed by atoms with E-state index in [1.165, 1.54) is 19.3 Å². The molecule has 2 bridgehead atoms. The Morgan fingerprint density at radius 1 is 1.14 bits per heavy atom. The molecule has 3 fully saturated rings. The van der Waals surface area contributed by atoms with Crippen LogP contribution in [-0.2, 0) is 9.47 Å². The van der Waals surface area contributed by atoms with Gasteiger partial charge in [-0.25, -0.2) is 0 Å². The Hall–Kier alpha value is -0.120. The second kappa shape index (κ2) is 3.47. The first-order chi connectivity index (χ1) is 6.83. The van der Waals surface area contributed by atoms with Gasteiger partial charge in [0.15, 0.2) is 0 Å². The van der Waals surface area contributed by atoms with Gasteiger partial charge in [0.1, 0.15) is 0 Å². The van der Waals surface area contributed by atoms with Crippen LogP contribution in [0.2, 0.25) is 0 Å². The standard InChI is InChI=1S/C11H19NO2/c1-7-9(4-5-13-7)12-10-6-8-2-3-11(10)14-8/h7-12H,2-6H2,1H3. The number of ether oxygens (including phenoxy) is 2. The topological polar surface area (TPSA) is 30.5 Å². The Labute approximate surface area is 85.1 Å². The molecule has 80 valence electrons. The minimum atomic E-state index is 0.383. The van der Waals surface area contributed by atoms with Gasteiger partial charge in [0, 0.05) is 18.7 Å². The molecular weight excluding hydrogens is 178 g/mol. The van der Waals surface area contributed by atoms with Gasteiger partial charge in [0.25, 0.3) is 0 Å². The summed E-state index contributed by atoms with van der Waals surface area (Å²) in [6.07, 6.45) is 6.34. The number of nitrogens with one attached hydrogen (secondary N) is 1. The van der Waals surface area contributed by atoms with Crippen molar-refractivity contribution >= 4 is 0 Å². The molecule has 0 amide bonds. The van der Waals surface area contributed by atoms with Crippen LogP contribution >= 0.6 is 0 Å². The van der Waals surface area contributed by atoms with Crippen LogP contribution < -0.4 is 5.32 Å². The van der Waals surface area contributed by atoms with Gasteiger partial charge in [-0.2, -0.15) is 0 Å². The Balaban J connectivity index is 1.57. The molecule has 0 saturated carbocycles. The molecule has 3 heteroatoms. The minimum absolute atomic E-state index is 0.383. The normalized spacial score (nSPS) is 51.6. The van der Waals surface area contributed by atoms with Crippen LogP contribution in [0.3, 0.4) is 0 Å². The smallest absolute Gasteiger partial charge is 0.0733 e. The van der Waals surface area contributed by atoms with Crippen LogP contribution in [-0.4, -0.2) is 37.0 Å². The third-order valence-electron chi connectivity index (χ3n) is 3.91. The van der Waals surface area contributed by atoms with Crippen molar-refractivity contribution in [1.29, 1.82) is 0 Å². The van der Waals surface area contributed by atoms with Gasteiger partial charge in [-0.05, 0) is 32.6 Å². The maximum Gasteiger partial charge on any atom is 0.0733 e. The first-order valence-corrected chi connectivity index (χ1v) is 5.86. The van der Waals surface area contributed by atoms with Gasteiger partial charge >= 0.3 is 0 Å². The van der Waals surface area contributed by atoms with E-state index < -0.39 is 0 Å². The summed E-state index contributed by atoms with van der Waals surface area (Å²) in [7, 11) is 0. The van der Waals surface area contributed by atoms with Crippen LogP contribution in [0.1, 0.15) is 32.6 Å². The third-order valence-corrected chi connectivity index (χ3v) is 3.91. The van der Waals surface area contributed by atoms with Crippen LogP contribution in [0.4, 0.5) is 0 Å². The molecule has 0 spiro atoms. The van der Waals surface area contributed by atoms with E-state index in [-0.39, 0.29) is 0 Å². The fraction of sp³-hybridized carbons (Fsp3) is 1.00. The molecule has 0 aromatic heterocycles.